The molecule has 0 radical (unpaired) electrons. The summed E-state index contributed by atoms with van der Waals surface area (Å²) in [7, 11) is 0. The molecule has 0 spiro atoms. The number of carbonyl (C=O) groups excluding carboxylic acids is 3. The number of hydrogen-bond acceptors (Lipinski definition) is 8. The van der Waals surface area contributed by atoms with Gasteiger partial charge in [0.05, 0.1) is 6.10 Å². The Morgan fingerprint density at radius 2 is 1.43 bits per heavy atom. The van der Waals surface area contributed by atoms with Gasteiger partial charge in [-0.2, -0.15) is 0 Å². The summed E-state index contributed by atoms with van der Waals surface area (Å²) in [6, 6.07) is -4.57. The highest BCUT2D eigenvalue weighted by molar-refractivity contribution is 5.94. The van der Waals surface area contributed by atoms with Crippen molar-refractivity contribution in [3.05, 3.63) is 0 Å². The smallest absolute Gasteiger partial charge is 0.326 e. The van der Waals surface area contributed by atoms with E-state index in [1.807, 2.05) is 0 Å². The van der Waals surface area contributed by atoms with Gasteiger partial charge in [0.25, 0.3) is 0 Å². The molecular formula is C21H42N8O6. The van der Waals surface area contributed by atoms with E-state index in [1.54, 1.807) is 13.8 Å². The summed E-state index contributed by atoms with van der Waals surface area (Å²) in [5.74, 6) is -3.80. The molecule has 0 rings (SSSR count). The number of hydrogen-bond donors (Lipinski definition) is 9. The Bertz CT molecular complexity index is 727. The Balaban J connectivity index is 5.54. The summed E-state index contributed by atoms with van der Waals surface area (Å²) in [5.41, 5.74) is 21.7. The number of unbranched alkanes of at least 4 members (excludes halogenated alkanes) is 1. The van der Waals surface area contributed by atoms with Crippen LogP contribution < -0.4 is 38.9 Å². The molecule has 202 valence electrons. The van der Waals surface area contributed by atoms with E-state index in [-0.39, 0.29) is 31.3 Å². The summed E-state index contributed by atoms with van der Waals surface area (Å²) in [5, 5.41) is 26.5. The van der Waals surface area contributed by atoms with E-state index >= 15 is 0 Å². The van der Waals surface area contributed by atoms with Gasteiger partial charge >= 0.3 is 5.97 Å². The van der Waals surface area contributed by atoms with Crippen LogP contribution in [-0.2, 0) is 19.2 Å². The topological polar surface area (TPSA) is 261 Å². The number of rotatable bonds is 17. The van der Waals surface area contributed by atoms with Gasteiger partial charge in [0, 0.05) is 6.54 Å². The molecule has 35 heavy (non-hydrogen) atoms. The van der Waals surface area contributed by atoms with Gasteiger partial charge in [-0.3, -0.25) is 19.4 Å². The maximum atomic E-state index is 13.0. The first kappa shape index (κ1) is 32.0. The van der Waals surface area contributed by atoms with Crippen molar-refractivity contribution in [1.29, 1.82) is 0 Å². The number of guanidine groups is 1. The number of aliphatic hydroxyl groups excluding tert-OH is 1. The van der Waals surface area contributed by atoms with Crippen molar-refractivity contribution in [3.63, 3.8) is 0 Å². The molecule has 13 N–H and O–H groups in total. The monoisotopic (exact) mass is 502 g/mol. The number of aliphatic carboxylic acids is 1. The Labute approximate surface area is 205 Å². The summed E-state index contributed by atoms with van der Waals surface area (Å²) in [6.45, 7) is 5.30. The first-order valence-electron chi connectivity index (χ1n) is 11.6. The summed E-state index contributed by atoms with van der Waals surface area (Å²) >= 11 is 0. The predicted molar refractivity (Wildman–Crippen MR) is 131 cm³/mol. The summed E-state index contributed by atoms with van der Waals surface area (Å²) in [4.78, 5) is 53.6. The molecule has 5 atom stereocenters. The molecule has 0 aliphatic heterocycles. The van der Waals surface area contributed by atoms with Crippen LogP contribution in [0.25, 0.3) is 0 Å². The highest BCUT2D eigenvalue weighted by Gasteiger charge is 2.32. The van der Waals surface area contributed by atoms with Crippen LogP contribution in [0.3, 0.4) is 0 Å². The van der Waals surface area contributed by atoms with E-state index in [2.05, 4.69) is 20.9 Å². The molecule has 0 aromatic carbocycles. The number of nitrogens with one attached hydrogen (secondary N) is 3. The Morgan fingerprint density at radius 3 is 1.91 bits per heavy atom. The van der Waals surface area contributed by atoms with Crippen molar-refractivity contribution < 1.29 is 29.4 Å². The second-order valence-electron chi connectivity index (χ2n) is 8.69. The molecule has 5 unspecified atom stereocenters. The van der Waals surface area contributed by atoms with E-state index in [4.69, 9.17) is 22.9 Å². The number of aliphatic hydroxyl groups is 1. The molecular weight excluding hydrogens is 460 g/mol. The van der Waals surface area contributed by atoms with Crippen LogP contribution in [-0.4, -0.2) is 83.2 Å². The molecule has 14 heteroatoms. The number of aliphatic imine (C=N–C) groups is 1. The maximum Gasteiger partial charge on any atom is 0.326 e. The number of nitrogens with two attached hydrogens (primary N) is 4. The lowest BCUT2D eigenvalue weighted by molar-refractivity contribution is -0.142. The largest absolute Gasteiger partial charge is 0.480 e. The van der Waals surface area contributed by atoms with E-state index in [0.717, 1.165) is 0 Å². The molecule has 0 bridgehead atoms. The fraction of sp³-hybridized carbons (Fsp3) is 0.762. The Kier molecular flexibility index (Phi) is 15.2. The van der Waals surface area contributed by atoms with Gasteiger partial charge in [-0.25, -0.2) is 4.79 Å². The van der Waals surface area contributed by atoms with Gasteiger partial charge in [-0.1, -0.05) is 13.8 Å². The number of carboxylic acids is 1. The second-order valence-corrected chi connectivity index (χ2v) is 8.69. The number of amides is 3. The standard InChI is InChI=1S/C21H42N8O6/c1-11(2)16(29-18(32)15(23)12(3)30)19(33)27-13(8-6-10-26-21(24)25)17(31)28-14(20(34)35)7-4-5-9-22/h11-16,30H,4-10,22-23H2,1-3H3,(H,27,33)(H,28,31)(H,29,32)(H,34,35)(H4,24,25,26). The molecule has 0 fully saturated rings. The first-order chi connectivity index (χ1) is 16.3. The Hall–Kier alpha value is -2.97. The quantitative estimate of drug-likeness (QED) is 0.0555. The molecule has 0 aromatic rings. The third-order valence-corrected chi connectivity index (χ3v) is 5.21. The third-order valence-electron chi connectivity index (χ3n) is 5.21. The lowest BCUT2D eigenvalue weighted by Gasteiger charge is -2.27. The van der Waals surface area contributed by atoms with Gasteiger partial charge in [0.1, 0.15) is 24.2 Å². The average Bonchev–Trinajstić information content (AvgIpc) is 2.77. The predicted octanol–water partition coefficient (Wildman–Crippen LogP) is -2.93. The lowest BCUT2D eigenvalue weighted by atomic mass is 10.0. The third kappa shape index (κ3) is 12.9. The van der Waals surface area contributed by atoms with Crippen LogP contribution in [0, 0.1) is 5.92 Å². The fourth-order valence-corrected chi connectivity index (χ4v) is 3.06. The number of carbonyl (C=O) groups is 4. The Morgan fingerprint density at radius 1 is 0.857 bits per heavy atom. The van der Waals surface area contributed by atoms with Crippen LogP contribution in [0.1, 0.15) is 52.9 Å². The van der Waals surface area contributed by atoms with Gasteiger partial charge in [-0.15, -0.1) is 0 Å². The summed E-state index contributed by atoms with van der Waals surface area (Å²) < 4.78 is 0. The highest BCUT2D eigenvalue weighted by atomic mass is 16.4. The van der Waals surface area contributed by atoms with Gasteiger partial charge < -0.3 is 49.1 Å². The highest BCUT2D eigenvalue weighted by Crippen LogP contribution is 2.08. The first-order valence-corrected chi connectivity index (χ1v) is 11.6. The van der Waals surface area contributed by atoms with E-state index in [9.17, 15) is 29.4 Å². The van der Waals surface area contributed by atoms with Gasteiger partial charge in [0.15, 0.2) is 5.96 Å². The van der Waals surface area contributed by atoms with E-state index in [0.29, 0.717) is 25.8 Å². The minimum atomic E-state index is -1.24. The SMILES string of the molecule is CC(C)C(NC(=O)C(N)C(C)O)C(=O)NC(CCCN=C(N)N)C(=O)NC(CCCCN)C(=O)O. The van der Waals surface area contributed by atoms with Crippen molar-refractivity contribution in [2.75, 3.05) is 13.1 Å². The average molecular weight is 503 g/mol. The fourth-order valence-electron chi connectivity index (χ4n) is 3.06. The molecule has 3 amide bonds. The van der Waals surface area contributed by atoms with Crippen LogP contribution in [0.4, 0.5) is 0 Å². The van der Waals surface area contributed by atoms with Crippen molar-refractivity contribution in [2.24, 2.45) is 33.8 Å². The van der Waals surface area contributed by atoms with Gasteiger partial charge in [-0.05, 0) is 51.5 Å². The minimum absolute atomic E-state index is 0.107. The second kappa shape index (κ2) is 16.6. The lowest BCUT2D eigenvalue weighted by Crippen LogP contribution is -2.59. The molecule has 0 saturated heterocycles. The van der Waals surface area contributed by atoms with Crippen LogP contribution in [0.15, 0.2) is 4.99 Å². The van der Waals surface area contributed by atoms with Crippen molar-refractivity contribution in [2.45, 2.75) is 83.1 Å². The number of nitrogens with zero attached hydrogens (tertiary/aromatic N) is 1. The minimum Gasteiger partial charge on any atom is -0.480 e. The molecule has 0 saturated carbocycles. The van der Waals surface area contributed by atoms with Gasteiger partial charge in [0.2, 0.25) is 17.7 Å². The zero-order chi connectivity index (χ0) is 27.1. The number of carboxylic acid groups (broad SMARTS) is 1. The molecule has 0 heterocycles. The molecule has 0 aromatic heterocycles. The normalized spacial score (nSPS) is 15.3. The zero-order valence-electron chi connectivity index (χ0n) is 20.7. The van der Waals surface area contributed by atoms with E-state index < -0.39 is 54.0 Å². The molecule has 14 nitrogen and oxygen atoms in total. The van der Waals surface area contributed by atoms with Crippen LogP contribution in [0.2, 0.25) is 0 Å². The van der Waals surface area contributed by atoms with Crippen molar-refractivity contribution in [3.8, 4) is 0 Å². The van der Waals surface area contributed by atoms with Crippen LogP contribution >= 0.6 is 0 Å². The molecule has 0 aliphatic carbocycles. The molecule has 0 aliphatic rings. The maximum absolute atomic E-state index is 13.0. The van der Waals surface area contributed by atoms with Crippen molar-refractivity contribution >= 4 is 29.7 Å². The summed E-state index contributed by atoms with van der Waals surface area (Å²) in [6.07, 6.45) is 0.562. The van der Waals surface area contributed by atoms with Crippen LogP contribution in [0.5, 0.6) is 0 Å². The zero-order valence-corrected chi connectivity index (χ0v) is 20.7. The van der Waals surface area contributed by atoms with Crippen molar-refractivity contribution in [1.82, 2.24) is 16.0 Å². The van der Waals surface area contributed by atoms with E-state index in [1.165, 1.54) is 6.92 Å².